The number of carboxylic acid groups (broad SMARTS) is 2. The van der Waals surface area contributed by atoms with Crippen LogP contribution in [0.2, 0.25) is 0 Å². The van der Waals surface area contributed by atoms with Crippen LogP contribution in [0.3, 0.4) is 0 Å². The van der Waals surface area contributed by atoms with Gasteiger partial charge in [0, 0.05) is 0 Å². The molecule has 62 valence electrons. The molecule has 4 heteroatoms. The maximum Gasteiger partial charge on any atom is 0.307 e. The standard InChI is InChI=1S/C7H10O4/c1-7(2)3(5(8)9)4(7)6(10)11/h3-4H,1-2H3,(H,8,9)(H,10,11)/t3-,4-/m1/s1. The van der Waals surface area contributed by atoms with Gasteiger partial charge in [0.15, 0.2) is 0 Å². The van der Waals surface area contributed by atoms with Crippen LogP contribution in [0.4, 0.5) is 0 Å². The fourth-order valence-electron chi connectivity index (χ4n) is 1.56. The molecule has 0 aromatic rings. The fraction of sp³-hybridized carbons (Fsp3) is 0.714. The molecule has 0 amide bonds. The van der Waals surface area contributed by atoms with E-state index < -0.39 is 29.2 Å². The second-order valence-electron chi connectivity index (χ2n) is 3.45. The van der Waals surface area contributed by atoms with Crippen LogP contribution in [0.1, 0.15) is 13.8 Å². The van der Waals surface area contributed by atoms with Crippen molar-refractivity contribution in [2.45, 2.75) is 13.8 Å². The average molecular weight is 158 g/mol. The van der Waals surface area contributed by atoms with Crippen LogP contribution in [0.15, 0.2) is 0 Å². The van der Waals surface area contributed by atoms with Gasteiger partial charge < -0.3 is 10.2 Å². The van der Waals surface area contributed by atoms with Crippen LogP contribution in [-0.2, 0) is 9.59 Å². The number of hydrogen-bond donors (Lipinski definition) is 2. The number of carboxylic acids is 2. The molecule has 11 heavy (non-hydrogen) atoms. The zero-order valence-electron chi connectivity index (χ0n) is 6.37. The topological polar surface area (TPSA) is 74.6 Å². The Morgan fingerprint density at radius 2 is 1.36 bits per heavy atom. The molecule has 1 fully saturated rings. The van der Waals surface area contributed by atoms with Gasteiger partial charge in [0.05, 0.1) is 11.8 Å². The Labute approximate surface area is 63.8 Å². The Hall–Kier alpha value is -1.06. The first kappa shape index (κ1) is 8.04. The summed E-state index contributed by atoms with van der Waals surface area (Å²) in [6.45, 7) is 3.31. The van der Waals surface area contributed by atoms with E-state index in [1.807, 2.05) is 0 Å². The molecule has 0 radical (unpaired) electrons. The van der Waals surface area contributed by atoms with E-state index in [0.29, 0.717) is 0 Å². The van der Waals surface area contributed by atoms with Gasteiger partial charge in [-0.25, -0.2) is 0 Å². The minimum absolute atomic E-state index is 0.572. The van der Waals surface area contributed by atoms with Gasteiger partial charge in [0.1, 0.15) is 0 Å². The summed E-state index contributed by atoms with van der Waals surface area (Å²) < 4.78 is 0. The van der Waals surface area contributed by atoms with Gasteiger partial charge >= 0.3 is 11.9 Å². The van der Waals surface area contributed by atoms with Gasteiger partial charge in [-0.3, -0.25) is 9.59 Å². The molecule has 0 aromatic heterocycles. The highest BCUT2D eigenvalue weighted by atomic mass is 16.4. The third-order valence-electron chi connectivity index (χ3n) is 2.36. The molecule has 1 saturated carbocycles. The zero-order chi connectivity index (χ0) is 8.81. The van der Waals surface area contributed by atoms with Gasteiger partial charge in [-0.15, -0.1) is 0 Å². The van der Waals surface area contributed by atoms with E-state index in [9.17, 15) is 9.59 Å². The smallest absolute Gasteiger partial charge is 0.307 e. The normalized spacial score (nSPS) is 32.9. The van der Waals surface area contributed by atoms with E-state index in [4.69, 9.17) is 10.2 Å². The second-order valence-corrected chi connectivity index (χ2v) is 3.45. The second kappa shape index (κ2) is 1.96. The number of carbonyl (C=O) groups is 2. The number of aliphatic carboxylic acids is 2. The minimum Gasteiger partial charge on any atom is -0.481 e. The lowest BCUT2D eigenvalue weighted by Gasteiger charge is -1.95. The average Bonchev–Trinajstić information content (AvgIpc) is 2.33. The van der Waals surface area contributed by atoms with Gasteiger partial charge in [-0.05, 0) is 5.41 Å². The third kappa shape index (κ3) is 0.982. The number of rotatable bonds is 2. The van der Waals surface area contributed by atoms with Gasteiger partial charge in [0.25, 0.3) is 0 Å². The molecule has 0 saturated heterocycles. The molecule has 1 aliphatic carbocycles. The molecule has 0 unspecified atom stereocenters. The van der Waals surface area contributed by atoms with Crippen molar-refractivity contribution in [1.29, 1.82) is 0 Å². The summed E-state index contributed by atoms with van der Waals surface area (Å²) in [4.78, 5) is 20.9. The molecule has 2 N–H and O–H groups in total. The predicted molar refractivity (Wildman–Crippen MR) is 36.0 cm³/mol. The van der Waals surface area contributed by atoms with Crippen LogP contribution in [0.25, 0.3) is 0 Å². The van der Waals surface area contributed by atoms with E-state index in [2.05, 4.69) is 0 Å². The lowest BCUT2D eigenvalue weighted by atomic mass is 10.1. The van der Waals surface area contributed by atoms with Crippen LogP contribution in [0, 0.1) is 17.3 Å². The Morgan fingerprint density at radius 1 is 1.09 bits per heavy atom. The highest BCUT2D eigenvalue weighted by molar-refractivity contribution is 5.87. The Kier molecular flexibility index (Phi) is 1.44. The molecular weight excluding hydrogens is 148 g/mol. The van der Waals surface area contributed by atoms with E-state index in [-0.39, 0.29) is 0 Å². The molecule has 0 spiro atoms. The summed E-state index contributed by atoms with van der Waals surface area (Å²) in [6, 6.07) is 0. The SMILES string of the molecule is CC1(C)[C@@H](C(=O)O)[C@@H]1C(=O)O. The fourth-order valence-corrected chi connectivity index (χ4v) is 1.56. The molecule has 0 bridgehead atoms. The first-order valence-electron chi connectivity index (χ1n) is 3.34. The lowest BCUT2D eigenvalue weighted by Crippen LogP contribution is -2.05. The van der Waals surface area contributed by atoms with E-state index >= 15 is 0 Å². The molecule has 0 aliphatic heterocycles. The number of hydrogen-bond acceptors (Lipinski definition) is 2. The summed E-state index contributed by atoms with van der Waals surface area (Å²) in [5, 5.41) is 17.1. The minimum atomic E-state index is -1.01. The largest absolute Gasteiger partial charge is 0.481 e. The third-order valence-corrected chi connectivity index (χ3v) is 2.36. The van der Waals surface area contributed by atoms with E-state index in [1.54, 1.807) is 13.8 Å². The van der Waals surface area contributed by atoms with Crippen LogP contribution >= 0.6 is 0 Å². The molecule has 2 atom stereocenters. The summed E-state index contributed by atoms with van der Waals surface area (Å²) in [7, 11) is 0. The molecule has 0 aromatic carbocycles. The molecule has 1 rings (SSSR count). The summed E-state index contributed by atoms with van der Waals surface area (Å²) in [5.74, 6) is -3.44. The van der Waals surface area contributed by atoms with Crippen molar-refractivity contribution in [2.75, 3.05) is 0 Å². The van der Waals surface area contributed by atoms with Crippen molar-refractivity contribution in [2.24, 2.45) is 17.3 Å². The maximum atomic E-state index is 10.4. The van der Waals surface area contributed by atoms with Gasteiger partial charge in [-0.1, -0.05) is 13.8 Å². The van der Waals surface area contributed by atoms with Crippen molar-refractivity contribution in [1.82, 2.24) is 0 Å². The molecule has 1 aliphatic rings. The van der Waals surface area contributed by atoms with Crippen molar-refractivity contribution in [3.05, 3.63) is 0 Å². The van der Waals surface area contributed by atoms with E-state index in [1.165, 1.54) is 0 Å². The summed E-state index contributed by atoms with van der Waals surface area (Å²) >= 11 is 0. The van der Waals surface area contributed by atoms with Crippen LogP contribution in [-0.4, -0.2) is 22.2 Å². The lowest BCUT2D eigenvalue weighted by molar-refractivity contribution is -0.144. The van der Waals surface area contributed by atoms with Gasteiger partial charge in [0.2, 0.25) is 0 Å². The van der Waals surface area contributed by atoms with Crippen molar-refractivity contribution in [3.8, 4) is 0 Å². The first-order valence-corrected chi connectivity index (χ1v) is 3.34. The van der Waals surface area contributed by atoms with Crippen molar-refractivity contribution in [3.63, 3.8) is 0 Å². The van der Waals surface area contributed by atoms with Gasteiger partial charge in [-0.2, -0.15) is 0 Å². The summed E-state index contributed by atoms with van der Waals surface area (Å²) in [5.41, 5.74) is -0.572. The quantitative estimate of drug-likeness (QED) is 0.611. The highest BCUT2D eigenvalue weighted by Crippen LogP contribution is 2.58. The predicted octanol–water partition coefficient (Wildman–Crippen LogP) is 0.428. The Bertz CT molecular complexity index is 196. The van der Waals surface area contributed by atoms with Crippen molar-refractivity contribution < 1.29 is 19.8 Å². The van der Waals surface area contributed by atoms with Crippen molar-refractivity contribution >= 4 is 11.9 Å². The monoisotopic (exact) mass is 158 g/mol. The molecule has 4 nitrogen and oxygen atoms in total. The van der Waals surface area contributed by atoms with Crippen LogP contribution < -0.4 is 0 Å². The molecular formula is C7H10O4. The molecule has 0 heterocycles. The Morgan fingerprint density at radius 3 is 1.45 bits per heavy atom. The zero-order valence-corrected chi connectivity index (χ0v) is 6.37. The highest BCUT2D eigenvalue weighted by Gasteiger charge is 2.66. The Balaban J connectivity index is 2.76. The maximum absolute atomic E-state index is 10.4. The van der Waals surface area contributed by atoms with E-state index in [0.717, 1.165) is 0 Å². The summed E-state index contributed by atoms with van der Waals surface area (Å²) in [6.07, 6.45) is 0. The first-order chi connectivity index (χ1) is 4.89. The van der Waals surface area contributed by atoms with Crippen LogP contribution in [0.5, 0.6) is 0 Å².